The minimum atomic E-state index is -0.463. The van der Waals surface area contributed by atoms with Crippen LogP contribution in [0, 0.1) is 0 Å². The van der Waals surface area contributed by atoms with E-state index in [0.29, 0.717) is 31.4 Å². The van der Waals surface area contributed by atoms with E-state index in [0.717, 1.165) is 39.1 Å². The first kappa shape index (κ1) is 18.1. The minimum absolute atomic E-state index is 0.213. The van der Waals surface area contributed by atoms with Crippen molar-refractivity contribution in [3.05, 3.63) is 11.8 Å². The Kier molecular flexibility index (Phi) is 5.58. The number of piperidine rings is 1. The number of ether oxygens (including phenoxy) is 2. The quantitative estimate of drug-likeness (QED) is 0.823. The molecule has 0 atom stereocenters. The van der Waals surface area contributed by atoms with E-state index in [1.54, 1.807) is 4.90 Å². The van der Waals surface area contributed by atoms with E-state index in [9.17, 15) is 4.79 Å². The molecule has 8 heteroatoms. The van der Waals surface area contributed by atoms with Crippen LogP contribution in [0.25, 0.3) is 0 Å². The molecule has 8 nitrogen and oxygen atoms in total. The molecule has 3 heterocycles. The number of aromatic nitrogens is 2. The molecule has 2 fully saturated rings. The van der Waals surface area contributed by atoms with Crippen molar-refractivity contribution in [1.82, 2.24) is 20.0 Å². The SMILES string of the molecule is CC(C)(C)OC(=O)N1CCC(c2nnc(CN3CCOCC3)o2)CC1. The van der Waals surface area contributed by atoms with Crippen LogP contribution >= 0.6 is 0 Å². The van der Waals surface area contributed by atoms with Gasteiger partial charge >= 0.3 is 6.09 Å². The van der Waals surface area contributed by atoms with Gasteiger partial charge in [-0.05, 0) is 33.6 Å². The standard InChI is InChI=1S/C17H28N4O4/c1-17(2,3)25-16(22)21-6-4-13(5-7-21)15-19-18-14(24-15)12-20-8-10-23-11-9-20/h13H,4-12H2,1-3H3. The molecular weight excluding hydrogens is 324 g/mol. The van der Waals surface area contributed by atoms with Crippen molar-refractivity contribution in [2.24, 2.45) is 0 Å². The molecule has 0 spiro atoms. The third-order valence-corrected chi connectivity index (χ3v) is 4.44. The fourth-order valence-corrected chi connectivity index (χ4v) is 3.08. The smallest absolute Gasteiger partial charge is 0.410 e. The van der Waals surface area contributed by atoms with E-state index < -0.39 is 5.60 Å². The largest absolute Gasteiger partial charge is 0.444 e. The number of nitrogens with zero attached hydrogens (tertiary/aromatic N) is 4. The minimum Gasteiger partial charge on any atom is -0.444 e. The highest BCUT2D eigenvalue weighted by Gasteiger charge is 2.30. The van der Waals surface area contributed by atoms with Crippen LogP contribution in [0.1, 0.15) is 51.3 Å². The highest BCUT2D eigenvalue weighted by Crippen LogP contribution is 2.28. The molecule has 0 radical (unpaired) electrons. The van der Waals surface area contributed by atoms with E-state index in [-0.39, 0.29) is 12.0 Å². The number of hydrogen-bond donors (Lipinski definition) is 0. The molecule has 0 bridgehead atoms. The Morgan fingerprint density at radius 3 is 2.48 bits per heavy atom. The zero-order valence-corrected chi connectivity index (χ0v) is 15.4. The van der Waals surface area contributed by atoms with Crippen molar-refractivity contribution in [2.45, 2.75) is 51.7 Å². The van der Waals surface area contributed by atoms with Crippen molar-refractivity contribution < 1.29 is 18.7 Å². The lowest BCUT2D eigenvalue weighted by Crippen LogP contribution is -2.41. The lowest BCUT2D eigenvalue weighted by atomic mass is 9.97. The van der Waals surface area contributed by atoms with Gasteiger partial charge in [0.15, 0.2) is 0 Å². The van der Waals surface area contributed by atoms with Gasteiger partial charge in [0.25, 0.3) is 0 Å². The second-order valence-electron chi connectivity index (χ2n) is 7.66. The maximum absolute atomic E-state index is 12.1. The molecule has 0 N–H and O–H groups in total. The third-order valence-electron chi connectivity index (χ3n) is 4.44. The first-order valence-corrected chi connectivity index (χ1v) is 9.01. The van der Waals surface area contributed by atoms with Crippen molar-refractivity contribution in [1.29, 1.82) is 0 Å². The number of hydrogen-bond acceptors (Lipinski definition) is 7. The first-order chi connectivity index (χ1) is 11.9. The van der Waals surface area contributed by atoms with Gasteiger partial charge in [0, 0.05) is 32.1 Å². The van der Waals surface area contributed by atoms with Crippen molar-refractivity contribution in [3.8, 4) is 0 Å². The predicted molar refractivity (Wildman–Crippen MR) is 90.2 cm³/mol. The van der Waals surface area contributed by atoms with Gasteiger partial charge < -0.3 is 18.8 Å². The number of amides is 1. The van der Waals surface area contributed by atoms with Gasteiger partial charge in [-0.1, -0.05) is 0 Å². The number of morpholine rings is 1. The molecule has 1 aromatic heterocycles. The maximum atomic E-state index is 12.1. The highest BCUT2D eigenvalue weighted by molar-refractivity contribution is 5.68. The molecule has 25 heavy (non-hydrogen) atoms. The van der Waals surface area contributed by atoms with Gasteiger partial charge in [-0.3, -0.25) is 4.90 Å². The molecule has 0 saturated carbocycles. The van der Waals surface area contributed by atoms with E-state index in [1.165, 1.54) is 0 Å². The van der Waals surface area contributed by atoms with E-state index in [2.05, 4.69) is 15.1 Å². The molecule has 3 rings (SSSR count). The summed E-state index contributed by atoms with van der Waals surface area (Å²) in [5.74, 6) is 1.56. The molecule has 2 aliphatic rings. The van der Waals surface area contributed by atoms with Gasteiger partial charge in [-0.2, -0.15) is 0 Å². The molecule has 0 unspecified atom stereocenters. The van der Waals surface area contributed by atoms with Crippen molar-refractivity contribution in [2.75, 3.05) is 39.4 Å². The Morgan fingerprint density at radius 2 is 1.84 bits per heavy atom. The van der Waals surface area contributed by atoms with Crippen LogP contribution in [0.15, 0.2) is 4.42 Å². The summed E-state index contributed by atoms with van der Waals surface area (Å²) in [6.45, 7) is 10.9. The molecule has 0 aliphatic carbocycles. The number of carbonyl (C=O) groups excluding carboxylic acids is 1. The lowest BCUT2D eigenvalue weighted by Gasteiger charge is -2.32. The van der Waals surface area contributed by atoms with E-state index in [1.807, 2.05) is 20.8 Å². The summed E-state index contributed by atoms with van der Waals surface area (Å²) in [5.41, 5.74) is -0.463. The summed E-state index contributed by atoms with van der Waals surface area (Å²) in [7, 11) is 0. The molecule has 1 amide bonds. The summed E-state index contributed by atoms with van der Waals surface area (Å²) >= 11 is 0. The molecule has 2 saturated heterocycles. The fraction of sp³-hybridized carbons (Fsp3) is 0.824. The second-order valence-corrected chi connectivity index (χ2v) is 7.66. The predicted octanol–water partition coefficient (Wildman–Crippen LogP) is 2.02. The Labute approximate surface area is 148 Å². The van der Waals surface area contributed by atoms with Gasteiger partial charge in [0.2, 0.25) is 11.8 Å². The van der Waals surface area contributed by atoms with E-state index >= 15 is 0 Å². The van der Waals surface area contributed by atoms with Crippen molar-refractivity contribution in [3.63, 3.8) is 0 Å². The first-order valence-electron chi connectivity index (χ1n) is 9.01. The molecule has 0 aromatic carbocycles. The Morgan fingerprint density at radius 1 is 1.16 bits per heavy atom. The van der Waals surface area contributed by atoms with E-state index in [4.69, 9.17) is 13.9 Å². The van der Waals surface area contributed by atoms with Gasteiger partial charge in [0.1, 0.15) is 5.60 Å². The average Bonchev–Trinajstić information content (AvgIpc) is 3.03. The van der Waals surface area contributed by atoms with Crippen LogP contribution in [-0.4, -0.2) is 71.1 Å². The summed E-state index contributed by atoms with van der Waals surface area (Å²) in [6.07, 6.45) is 1.39. The zero-order valence-electron chi connectivity index (χ0n) is 15.4. The Balaban J connectivity index is 1.49. The van der Waals surface area contributed by atoms with Crippen molar-refractivity contribution >= 4 is 6.09 Å². The average molecular weight is 352 g/mol. The highest BCUT2D eigenvalue weighted by atomic mass is 16.6. The fourth-order valence-electron chi connectivity index (χ4n) is 3.08. The third kappa shape index (κ3) is 5.15. The van der Waals surface area contributed by atoms with Crippen LogP contribution in [0.3, 0.4) is 0 Å². The van der Waals surface area contributed by atoms with Crippen LogP contribution in [0.5, 0.6) is 0 Å². The van der Waals surface area contributed by atoms with Crippen LogP contribution in [0.4, 0.5) is 4.79 Å². The van der Waals surface area contributed by atoms with Gasteiger partial charge in [-0.25, -0.2) is 4.79 Å². The normalized spacial score (nSPS) is 20.7. The molecule has 140 valence electrons. The lowest BCUT2D eigenvalue weighted by molar-refractivity contribution is 0.0196. The number of carbonyl (C=O) groups is 1. The number of likely N-dealkylation sites (tertiary alicyclic amines) is 1. The van der Waals surface area contributed by atoms with Crippen LogP contribution in [0.2, 0.25) is 0 Å². The summed E-state index contributed by atoms with van der Waals surface area (Å²) in [4.78, 5) is 16.1. The van der Waals surface area contributed by atoms with Crippen LogP contribution in [-0.2, 0) is 16.0 Å². The Hall–Kier alpha value is -1.67. The second kappa shape index (κ2) is 7.70. The van der Waals surface area contributed by atoms with Gasteiger partial charge in [0.05, 0.1) is 19.8 Å². The monoisotopic (exact) mass is 352 g/mol. The molecule has 2 aliphatic heterocycles. The van der Waals surface area contributed by atoms with Crippen LogP contribution < -0.4 is 0 Å². The zero-order chi connectivity index (χ0) is 17.9. The molecular formula is C17H28N4O4. The van der Waals surface area contributed by atoms with Gasteiger partial charge in [-0.15, -0.1) is 10.2 Å². The maximum Gasteiger partial charge on any atom is 0.410 e. The topological polar surface area (TPSA) is 80.9 Å². The summed E-state index contributed by atoms with van der Waals surface area (Å²) < 4.78 is 16.6. The summed E-state index contributed by atoms with van der Waals surface area (Å²) in [6, 6.07) is 0. The summed E-state index contributed by atoms with van der Waals surface area (Å²) in [5, 5.41) is 8.41. The number of rotatable bonds is 3. The molecule has 1 aromatic rings. The Bertz CT molecular complexity index is 569.